The number of carboxylic acids is 2. The maximum Gasteiger partial charge on any atom is 0.335 e. The van der Waals surface area contributed by atoms with Crippen molar-refractivity contribution in [3.63, 3.8) is 0 Å². The van der Waals surface area contributed by atoms with E-state index in [1.165, 1.54) is 54.6 Å². The van der Waals surface area contributed by atoms with Crippen molar-refractivity contribution in [2.45, 2.75) is 0 Å². The number of anilines is 2. The van der Waals surface area contributed by atoms with E-state index < -0.39 is 23.8 Å². The molecule has 4 N–H and O–H groups in total. The molecule has 0 radical (unpaired) electrons. The molecule has 0 aliphatic heterocycles. The molecule has 0 aromatic heterocycles. The first-order chi connectivity index (χ1) is 15.3. The third kappa shape index (κ3) is 5.67. The molecule has 3 aromatic carbocycles. The van der Waals surface area contributed by atoms with Crippen LogP contribution in [0, 0.1) is 0 Å². The fourth-order valence-corrected chi connectivity index (χ4v) is 2.74. The van der Waals surface area contributed by atoms with Gasteiger partial charge in [0.05, 0.1) is 11.1 Å². The lowest BCUT2D eigenvalue weighted by atomic mass is 10.1. The molecule has 0 heterocycles. The second kappa shape index (κ2) is 9.86. The predicted octanol–water partition coefficient (Wildman–Crippen LogP) is 3.74. The number of aromatic carboxylic acids is 2. The number of hydrogen-bond donors (Lipinski definition) is 4. The Morgan fingerprint density at radius 1 is 0.594 bits per heavy atom. The summed E-state index contributed by atoms with van der Waals surface area (Å²) in [6.45, 7) is 0. The van der Waals surface area contributed by atoms with Crippen LogP contribution in [-0.2, 0) is 9.59 Å². The molecule has 0 fully saturated rings. The average molecular weight is 430 g/mol. The van der Waals surface area contributed by atoms with Gasteiger partial charge in [-0.05, 0) is 60.2 Å². The van der Waals surface area contributed by atoms with Crippen LogP contribution >= 0.6 is 0 Å². The van der Waals surface area contributed by atoms with Crippen molar-refractivity contribution in [3.8, 4) is 0 Å². The molecule has 0 spiro atoms. The lowest BCUT2D eigenvalue weighted by molar-refractivity contribution is -0.118. The van der Waals surface area contributed by atoms with Gasteiger partial charge in [0.25, 0.3) is 11.8 Å². The third-order valence-electron chi connectivity index (χ3n) is 4.38. The number of rotatable bonds is 7. The molecular weight excluding hydrogens is 412 g/mol. The minimum atomic E-state index is -1.10. The molecule has 160 valence electrons. The molecule has 0 unspecified atom stereocenters. The highest BCUT2D eigenvalue weighted by atomic mass is 16.4. The smallest absolute Gasteiger partial charge is 0.335 e. The minimum absolute atomic E-state index is 0.0607. The normalized spacial score (nSPS) is 10.0. The molecule has 2 amide bonds. The summed E-state index contributed by atoms with van der Waals surface area (Å²) in [6.07, 6.45) is 1.42. The van der Waals surface area contributed by atoms with Crippen LogP contribution in [0.4, 0.5) is 11.4 Å². The molecular formula is C24H18N2O6. The predicted molar refractivity (Wildman–Crippen MR) is 118 cm³/mol. The highest BCUT2D eigenvalue weighted by molar-refractivity contribution is 6.28. The SMILES string of the molecule is O=C(Nc1ccc(C(=O)O)cc1)C(=Cc1ccccc1)C(=O)Nc1ccc(C(=O)O)cc1. The monoisotopic (exact) mass is 430 g/mol. The number of nitrogens with one attached hydrogen (secondary N) is 2. The van der Waals surface area contributed by atoms with Crippen LogP contribution in [0.15, 0.2) is 84.4 Å². The topological polar surface area (TPSA) is 133 Å². The van der Waals surface area contributed by atoms with Crippen molar-refractivity contribution in [2.75, 3.05) is 10.6 Å². The van der Waals surface area contributed by atoms with Crippen molar-refractivity contribution in [2.24, 2.45) is 0 Å². The van der Waals surface area contributed by atoms with Crippen molar-refractivity contribution >= 4 is 41.2 Å². The van der Waals surface area contributed by atoms with Crippen LogP contribution in [0.25, 0.3) is 6.08 Å². The van der Waals surface area contributed by atoms with E-state index in [0.717, 1.165) is 0 Å². The van der Waals surface area contributed by atoms with Gasteiger partial charge >= 0.3 is 11.9 Å². The largest absolute Gasteiger partial charge is 0.478 e. The Hall–Kier alpha value is -4.72. The quantitative estimate of drug-likeness (QED) is 0.256. The molecule has 0 saturated carbocycles. The Morgan fingerprint density at radius 3 is 1.38 bits per heavy atom. The average Bonchev–Trinajstić information content (AvgIpc) is 2.78. The van der Waals surface area contributed by atoms with Gasteiger partial charge in [0.2, 0.25) is 0 Å². The van der Waals surface area contributed by atoms with E-state index in [-0.39, 0.29) is 16.7 Å². The van der Waals surface area contributed by atoms with Gasteiger partial charge in [-0.2, -0.15) is 0 Å². The van der Waals surface area contributed by atoms with Gasteiger partial charge in [-0.15, -0.1) is 0 Å². The van der Waals surface area contributed by atoms with Gasteiger partial charge in [-0.3, -0.25) is 9.59 Å². The summed E-state index contributed by atoms with van der Waals surface area (Å²) in [5, 5.41) is 23.1. The second-order valence-corrected chi connectivity index (χ2v) is 6.64. The maximum absolute atomic E-state index is 12.9. The number of carbonyl (C=O) groups excluding carboxylic acids is 2. The molecule has 0 aliphatic carbocycles. The van der Waals surface area contributed by atoms with Crippen LogP contribution in [0.2, 0.25) is 0 Å². The van der Waals surface area contributed by atoms with Gasteiger partial charge in [-0.1, -0.05) is 30.3 Å². The van der Waals surface area contributed by atoms with Gasteiger partial charge in [0, 0.05) is 11.4 Å². The Morgan fingerprint density at radius 2 is 1.00 bits per heavy atom. The molecule has 0 aliphatic rings. The second-order valence-electron chi connectivity index (χ2n) is 6.64. The van der Waals surface area contributed by atoms with E-state index in [1.54, 1.807) is 30.3 Å². The summed E-state index contributed by atoms with van der Waals surface area (Å²) in [4.78, 5) is 47.7. The van der Waals surface area contributed by atoms with Crippen molar-refractivity contribution in [3.05, 3.63) is 101 Å². The first-order valence-electron chi connectivity index (χ1n) is 9.39. The van der Waals surface area contributed by atoms with Crippen molar-refractivity contribution < 1.29 is 29.4 Å². The number of amides is 2. The van der Waals surface area contributed by atoms with Crippen LogP contribution in [0.1, 0.15) is 26.3 Å². The Balaban J connectivity index is 1.85. The number of benzene rings is 3. The molecule has 3 aromatic rings. The van der Waals surface area contributed by atoms with Crippen LogP contribution < -0.4 is 10.6 Å². The van der Waals surface area contributed by atoms with E-state index in [9.17, 15) is 19.2 Å². The standard InChI is InChI=1S/C24H18N2O6/c27-21(25-18-10-6-16(7-11-18)23(29)30)20(14-15-4-2-1-3-5-15)22(28)26-19-12-8-17(9-13-19)24(31)32/h1-14H,(H,25,27)(H,26,28)(H,29,30)(H,31,32). The Labute approximate surface area is 182 Å². The Bertz CT molecular complexity index is 1110. The summed E-state index contributed by atoms with van der Waals surface area (Å²) in [5.74, 6) is -3.59. The van der Waals surface area contributed by atoms with Gasteiger partial charge < -0.3 is 20.8 Å². The zero-order valence-electron chi connectivity index (χ0n) is 16.6. The van der Waals surface area contributed by atoms with E-state index in [0.29, 0.717) is 16.9 Å². The highest BCUT2D eigenvalue weighted by Crippen LogP contribution is 2.16. The lowest BCUT2D eigenvalue weighted by Crippen LogP contribution is -2.25. The first-order valence-corrected chi connectivity index (χ1v) is 9.39. The van der Waals surface area contributed by atoms with Gasteiger partial charge in [0.1, 0.15) is 5.57 Å². The molecule has 8 nitrogen and oxygen atoms in total. The third-order valence-corrected chi connectivity index (χ3v) is 4.38. The summed E-state index contributed by atoms with van der Waals surface area (Å²) in [7, 11) is 0. The zero-order chi connectivity index (χ0) is 23.1. The molecule has 32 heavy (non-hydrogen) atoms. The van der Waals surface area contributed by atoms with Crippen LogP contribution in [-0.4, -0.2) is 34.0 Å². The summed E-state index contributed by atoms with van der Waals surface area (Å²) in [5.41, 5.74) is 1.18. The Kier molecular flexibility index (Phi) is 6.77. The van der Waals surface area contributed by atoms with E-state index in [1.807, 2.05) is 0 Å². The van der Waals surface area contributed by atoms with Crippen LogP contribution in [0.5, 0.6) is 0 Å². The number of carbonyl (C=O) groups is 4. The van der Waals surface area contributed by atoms with Crippen molar-refractivity contribution in [1.29, 1.82) is 0 Å². The fourth-order valence-electron chi connectivity index (χ4n) is 2.74. The minimum Gasteiger partial charge on any atom is -0.478 e. The van der Waals surface area contributed by atoms with E-state index in [2.05, 4.69) is 10.6 Å². The summed E-state index contributed by atoms with van der Waals surface area (Å²) >= 11 is 0. The van der Waals surface area contributed by atoms with Gasteiger partial charge in [-0.25, -0.2) is 9.59 Å². The molecule has 0 atom stereocenters. The zero-order valence-corrected chi connectivity index (χ0v) is 16.6. The summed E-state index contributed by atoms with van der Waals surface area (Å²) in [6, 6.07) is 19.8. The summed E-state index contributed by atoms with van der Waals surface area (Å²) < 4.78 is 0. The van der Waals surface area contributed by atoms with E-state index >= 15 is 0 Å². The molecule has 0 bridgehead atoms. The number of carboxylic acid groups (broad SMARTS) is 2. The number of hydrogen-bond acceptors (Lipinski definition) is 4. The lowest BCUT2D eigenvalue weighted by Gasteiger charge is -2.11. The maximum atomic E-state index is 12.9. The molecule has 3 rings (SSSR count). The van der Waals surface area contributed by atoms with Crippen LogP contribution in [0.3, 0.4) is 0 Å². The molecule has 0 saturated heterocycles. The van der Waals surface area contributed by atoms with Gasteiger partial charge in [0.15, 0.2) is 0 Å². The molecule has 8 heteroatoms. The van der Waals surface area contributed by atoms with E-state index in [4.69, 9.17) is 10.2 Å². The first kappa shape index (κ1) is 22.0. The highest BCUT2D eigenvalue weighted by Gasteiger charge is 2.19. The van der Waals surface area contributed by atoms with Crippen molar-refractivity contribution in [1.82, 2.24) is 0 Å². The fraction of sp³-hybridized carbons (Fsp3) is 0.